The molecule has 3 heteroatoms. The molecule has 0 radical (unpaired) electrons. The normalized spacial score (nSPS) is 9.95. The third-order valence-corrected chi connectivity index (χ3v) is 3.14. The van der Waals surface area contributed by atoms with Gasteiger partial charge in [-0.2, -0.15) is 15.5 Å². The molecule has 0 N–H and O–H groups in total. The van der Waals surface area contributed by atoms with E-state index in [1.807, 2.05) is 54.6 Å². The largest absolute Gasteiger partial charge is 0.192 e. The minimum atomic E-state index is 0.638. The van der Waals surface area contributed by atoms with E-state index < -0.39 is 0 Å². The van der Waals surface area contributed by atoms with Gasteiger partial charge in [0.1, 0.15) is 0 Å². The molecule has 0 saturated heterocycles. The van der Waals surface area contributed by atoms with Crippen molar-refractivity contribution in [3.8, 4) is 28.3 Å². The maximum Gasteiger partial charge on any atom is 0.0998 e. The summed E-state index contributed by atoms with van der Waals surface area (Å²) in [5.74, 6) is 0. The van der Waals surface area contributed by atoms with Crippen molar-refractivity contribution in [3.05, 3.63) is 72.6 Å². The molecule has 0 atom stereocenters. The molecule has 3 nitrogen and oxygen atoms in total. The zero-order valence-electron chi connectivity index (χ0n) is 10.7. The summed E-state index contributed by atoms with van der Waals surface area (Å²) in [5.41, 5.74) is 4.54. The predicted molar refractivity (Wildman–Crippen MR) is 77.6 cm³/mol. The second-order valence-corrected chi connectivity index (χ2v) is 4.34. The standard InChI is InChI=1S/C17H11N3/c18-11-14-7-4-8-16(13-5-2-1-3-6-13)17(14)15-9-10-19-20-12-15/h1-10,12H. The van der Waals surface area contributed by atoms with Crippen molar-refractivity contribution >= 4 is 0 Å². The average Bonchev–Trinajstić information content (AvgIpc) is 2.55. The zero-order valence-corrected chi connectivity index (χ0v) is 10.7. The fourth-order valence-electron chi connectivity index (χ4n) is 2.25. The van der Waals surface area contributed by atoms with Crippen molar-refractivity contribution in [1.82, 2.24) is 10.2 Å². The van der Waals surface area contributed by atoms with Gasteiger partial charge in [0, 0.05) is 11.1 Å². The summed E-state index contributed by atoms with van der Waals surface area (Å²) in [5, 5.41) is 17.1. The molecule has 3 rings (SSSR count). The van der Waals surface area contributed by atoms with Crippen LogP contribution < -0.4 is 0 Å². The summed E-state index contributed by atoms with van der Waals surface area (Å²) in [6.45, 7) is 0. The van der Waals surface area contributed by atoms with Crippen LogP contribution >= 0.6 is 0 Å². The maximum atomic E-state index is 9.37. The van der Waals surface area contributed by atoms with Crippen LogP contribution in [0.4, 0.5) is 0 Å². The van der Waals surface area contributed by atoms with Gasteiger partial charge in [-0.25, -0.2) is 0 Å². The Morgan fingerprint density at radius 2 is 1.65 bits per heavy atom. The smallest absolute Gasteiger partial charge is 0.0998 e. The Labute approximate surface area is 117 Å². The molecule has 0 bridgehead atoms. The van der Waals surface area contributed by atoms with Crippen molar-refractivity contribution in [2.45, 2.75) is 0 Å². The molecule has 0 saturated carbocycles. The first-order valence-electron chi connectivity index (χ1n) is 6.26. The third-order valence-electron chi connectivity index (χ3n) is 3.14. The molecule has 0 aliphatic carbocycles. The second-order valence-electron chi connectivity index (χ2n) is 4.34. The number of benzene rings is 2. The number of aromatic nitrogens is 2. The first kappa shape index (κ1) is 12.1. The first-order chi connectivity index (χ1) is 9.90. The molecule has 3 aromatic rings. The molecule has 0 aliphatic heterocycles. The molecular formula is C17H11N3. The quantitative estimate of drug-likeness (QED) is 0.703. The molecule has 94 valence electrons. The van der Waals surface area contributed by atoms with Gasteiger partial charge in [-0.05, 0) is 23.3 Å². The Morgan fingerprint density at radius 1 is 0.800 bits per heavy atom. The van der Waals surface area contributed by atoms with E-state index in [4.69, 9.17) is 0 Å². The van der Waals surface area contributed by atoms with E-state index in [2.05, 4.69) is 16.3 Å². The Bertz CT molecular complexity index is 759. The fourth-order valence-corrected chi connectivity index (χ4v) is 2.25. The highest BCUT2D eigenvalue weighted by Crippen LogP contribution is 2.33. The number of nitrogens with zero attached hydrogens (tertiary/aromatic N) is 3. The molecule has 0 amide bonds. The van der Waals surface area contributed by atoms with Gasteiger partial charge in [-0.15, -0.1) is 0 Å². The van der Waals surface area contributed by atoms with Crippen molar-refractivity contribution in [2.75, 3.05) is 0 Å². The van der Waals surface area contributed by atoms with Crippen LogP contribution in [0.25, 0.3) is 22.3 Å². The SMILES string of the molecule is N#Cc1cccc(-c2ccccc2)c1-c1ccnnc1. The zero-order chi connectivity index (χ0) is 13.8. The summed E-state index contributed by atoms with van der Waals surface area (Å²) in [6.07, 6.45) is 3.32. The van der Waals surface area contributed by atoms with Crippen molar-refractivity contribution in [1.29, 1.82) is 5.26 Å². The van der Waals surface area contributed by atoms with Crippen LogP contribution in [0.5, 0.6) is 0 Å². The van der Waals surface area contributed by atoms with Gasteiger partial charge >= 0.3 is 0 Å². The van der Waals surface area contributed by atoms with E-state index in [1.54, 1.807) is 12.4 Å². The molecular weight excluding hydrogens is 246 g/mol. The van der Waals surface area contributed by atoms with Gasteiger partial charge in [-0.3, -0.25) is 0 Å². The molecule has 2 aromatic carbocycles. The van der Waals surface area contributed by atoms with E-state index in [0.29, 0.717) is 5.56 Å². The molecule has 0 fully saturated rings. The maximum absolute atomic E-state index is 9.37. The van der Waals surface area contributed by atoms with E-state index in [9.17, 15) is 5.26 Å². The topological polar surface area (TPSA) is 49.6 Å². The fraction of sp³-hybridized carbons (Fsp3) is 0. The van der Waals surface area contributed by atoms with Crippen LogP contribution in [0.3, 0.4) is 0 Å². The van der Waals surface area contributed by atoms with E-state index in [-0.39, 0.29) is 0 Å². The lowest BCUT2D eigenvalue weighted by Gasteiger charge is -2.11. The van der Waals surface area contributed by atoms with Gasteiger partial charge in [-0.1, -0.05) is 42.5 Å². The lowest BCUT2D eigenvalue weighted by Crippen LogP contribution is -1.91. The van der Waals surface area contributed by atoms with Crippen molar-refractivity contribution in [3.63, 3.8) is 0 Å². The summed E-state index contributed by atoms with van der Waals surface area (Å²) >= 11 is 0. The lowest BCUT2D eigenvalue weighted by molar-refractivity contribution is 1.03. The van der Waals surface area contributed by atoms with E-state index >= 15 is 0 Å². The Hall–Kier alpha value is -2.99. The van der Waals surface area contributed by atoms with Gasteiger partial charge in [0.25, 0.3) is 0 Å². The van der Waals surface area contributed by atoms with Crippen LogP contribution in [-0.2, 0) is 0 Å². The first-order valence-corrected chi connectivity index (χ1v) is 6.26. The molecule has 20 heavy (non-hydrogen) atoms. The molecule has 0 spiro atoms. The monoisotopic (exact) mass is 257 g/mol. The van der Waals surface area contributed by atoms with Gasteiger partial charge < -0.3 is 0 Å². The van der Waals surface area contributed by atoms with Crippen molar-refractivity contribution in [2.24, 2.45) is 0 Å². The highest BCUT2D eigenvalue weighted by Gasteiger charge is 2.12. The van der Waals surface area contributed by atoms with Crippen LogP contribution in [0.1, 0.15) is 5.56 Å². The number of hydrogen-bond donors (Lipinski definition) is 0. The summed E-state index contributed by atoms with van der Waals surface area (Å²) in [7, 11) is 0. The highest BCUT2D eigenvalue weighted by molar-refractivity contribution is 5.86. The molecule has 1 aromatic heterocycles. The number of rotatable bonds is 2. The molecule has 0 unspecified atom stereocenters. The van der Waals surface area contributed by atoms with Gasteiger partial charge in [0.05, 0.1) is 24.0 Å². The van der Waals surface area contributed by atoms with Gasteiger partial charge in [0.15, 0.2) is 0 Å². The van der Waals surface area contributed by atoms with Crippen LogP contribution in [0, 0.1) is 11.3 Å². The molecule has 0 aliphatic rings. The Kier molecular flexibility index (Phi) is 3.22. The van der Waals surface area contributed by atoms with Crippen LogP contribution in [0.15, 0.2) is 67.0 Å². The highest BCUT2D eigenvalue weighted by atomic mass is 15.1. The van der Waals surface area contributed by atoms with Crippen LogP contribution in [-0.4, -0.2) is 10.2 Å². The lowest BCUT2D eigenvalue weighted by atomic mass is 9.92. The molecule has 1 heterocycles. The second kappa shape index (κ2) is 5.33. The van der Waals surface area contributed by atoms with Gasteiger partial charge in [0.2, 0.25) is 0 Å². The predicted octanol–water partition coefficient (Wildman–Crippen LogP) is 3.68. The van der Waals surface area contributed by atoms with E-state index in [0.717, 1.165) is 22.3 Å². The summed E-state index contributed by atoms with van der Waals surface area (Å²) in [6, 6.07) is 19.9. The average molecular weight is 257 g/mol. The minimum absolute atomic E-state index is 0.638. The van der Waals surface area contributed by atoms with E-state index in [1.165, 1.54) is 0 Å². The third kappa shape index (κ3) is 2.15. The minimum Gasteiger partial charge on any atom is -0.192 e. The summed E-state index contributed by atoms with van der Waals surface area (Å²) < 4.78 is 0. The van der Waals surface area contributed by atoms with Crippen molar-refractivity contribution < 1.29 is 0 Å². The Morgan fingerprint density at radius 3 is 2.35 bits per heavy atom. The Balaban J connectivity index is 2.30. The number of nitriles is 1. The number of hydrogen-bond acceptors (Lipinski definition) is 3. The summed E-state index contributed by atoms with van der Waals surface area (Å²) in [4.78, 5) is 0. The van der Waals surface area contributed by atoms with Crippen LogP contribution in [0.2, 0.25) is 0 Å².